The second kappa shape index (κ2) is 5.80. The second-order valence-corrected chi connectivity index (χ2v) is 6.42. The molecule has 2 aromatic carbocycles. The molecule has 1 aliphatic rings. The van der Waals surface area contributed by atoms with Gasteiger partial charge in [-0.05, 0) is 35.9 Å². The van der Waals surface area contributed by atoms with Gasteiger partial charge < -0.3 is 0 Å². The van der Waals surface area contributed by atoms with Gasteiger partial charge in [-0.2, -0.15) is 0 Å². The average Bonchev–Trinajstić information content (AvgIpc) is 2.82. The van der Waals surface area contributed by atoms with Crippen molar-refractivity contribution in [3.05, 3.63) is 71.8 Å². The van der Waals surface area contributed by atoms with Crippen LogP contribution in [0.4, 0.5) is 0 Å². The van der Waals surface area contributed by atoms with Crippen LogP contribution in [0.2, 0.25) is 0 Å². The summed E-state index contributed by atoms with van der Waals surface area (Å²) in [7, 11) is 0. The summed E-state index contributed by atoms with van der Waals surface area (Å²) in [4.78, 5) is 2.60. The third-order valence-corrected chi connectivity index (χ3v) is 4.36. The van der Waals surface area contributed by atoms with Crippen LogP contribution in [0, 0.1) is 5.41 Å². The van der Waals surface area contributed by atoms with Crippen molar-refractivity contribution in [3.63, 3.8) is 0 Å². The Balaban J connectivity index is 1.61. The Kier molecular flexibility index (Phi) is 3.88. The van der Waals surface area contributed by atoms with Crippen LogP contribution < -0.4 is 0 Å². The molecule has 1 unspecified atom stereocenters. The number of likely N-dealkylation sites (tertiary alicyclic amines) is 1. The van der Waals surface area contributed by atoms with Crippen LogP contribution in [0.15, 0.2) is 60.7 Å². The minimum Gasteiger partial charge on any atom is -0.299 e. The van der Waals surface area contributed by atoms with Crippen molar-refractivity contribution >= 4 is 0 Å². The molecule has 1 heteroatoms. The first-order valence-electron chi connectivity index (χ1n) is 7.54. The highest BCUT2D eigenvalue weighted by Gasteiger charge is 2.33. The predicted molar refractivity (Wildman–Crippen MR) is 84.6 cm³/mol. The van der Waals surface area contributed by atoms with Crippen molar-refractivity contribution in [3.8, 4) is 0 Å². The lowest BCUT2D eigenvalue weighted by atomic mass is 9.83. The maximum Gasteiger partial charge on any atom is 0.0233 e. The van der Waals surface area contributed by atoms with Crippen molar-refractivity contribution in [1.29, 1.82) is 0 Å². The van der Waals surface area contributed by atoms with Gasteiger partial charge in [0, 0.05) is 13.1 Å². The van der Waals surface area contributed by atoms with E-state index in [-0.39, 0.29) is 0 Å². The van der Waals surface area contributed by atoms with Gasteiger partial charge in [-0.1, -0.05) is 67.6 Å². The lowest BCUT2D eigenvalue weighted by molar-refractivity contribution is 0.268. The molecule has 2 aromatic rings. The Morgan fingerprint density at radius 3 is 2.15 bits per heavy atom. The zero-order valence-corrected chi connectivity index (χ0v) is 12.3. The number of benzene rings is 2. The number of hydrogen-bond acceptors (Lipinski definition) is 1. The maximum absolute atomic E-state index is 2.60. The van der Waals surface area contributed by atoms with Crippen LogP contribution in [0.1, 0.15) is 24.5 Å². The van der Waals surface area contributed by atoms with E-state index < -0.39 is 0 Å². The zero-order valence-electron chi connectivity index (χ0n) is 12.3. The molecule has 20 heavy (non-hydrogen) atoms. The Morgan fingerprint density at radius 1 is 0.900 bits per heavy atom. The third kappa shape index (κ3) is 3.29. The second-order valence-electron chi connectivity index (χ2n) is 6.42. The lowest BCUT2D eigenvalue weighted by Crippen LogP contribution is -2.26. The summed E-state index contributed by atoms with van der Waals surface area (Å²) in [5.74, 6) is 0. The molecule has 1 atom stereocenters. The summed E-state index contributed by atoms with van der Waals surface area (Å²) in [6.45, 7) is 5.95. The van der Waals surface area contributed by atoms with E-state index >= 15 is 0 Å². The van der Waals surface area contributed by atoms with Crippen LogP contribution in [0.25, 0.3) is 0 Å². The third-order valence-electron chi connectivity index (χ3n) is 4.36. The summed E-state index contributed by atoms with van der Waals surface area (Å²) >= 11 is 0. The molecule has 0 radical (unpaired) electrons. The Morgan fingerprint density at radius 2 is 1.50 bits per heavy atom. The van der Waals surface area contributed by atoms with Gasteiger partial charge in [-0.15, -0.1) is 0 Å². The van der Waals surface area contributed by atoms with Crippen molar-refractivity contribution in [1.82, 2.24) is 4.90 Å². The van der Waals surface area contributed by atoms with Crippen molar-refractivity contribution in [2.24, 2.45) is 5.41 Å². The number of nitrogens with zero attached hydrogens (tertiary/aromatic N) is 1. The van der Waals surface area contributed by atoms with E-state index in [1.54, 1.807) is 0 Å². The highest BCUT2D eigenvalue weighted by molar-refractivity contribution is 5.18. The van der Waals surface area contributed by atoms with Crippen LogP contribution in [-0.2, 0) is 13.0 Å². The van der Waals surface area contributed by atoms with E-state index in [9.17, 15) is 0 Å². The standard InChI is InChI=1S/C19H23N/c1-19(14-17-8-4-2-5-9-17)12-13-20(16-19)15-18-10-6-3-7-11-18/h2-11H,12-16H2,1H3. The molecule has 1 aliphatic heterocycles. The fraction of sp³-hybridized carbons (Fsp3) is 0.368. The summed E-state index contributed by atoms with van der Waals surface area (Å²) in [6.07, 6.45) is 2.49. The highest BCUT2D eigenvalue weighted by atomic mass is 15.2. The first-order valence-corrected chi connectivity index (χ1v) is 7.54. The van der Waals surface area contributed by atoms with Crippen molar-refractivity contribution in [2.45, 2.75) is 26.3 Å². The number of rotatable bonds is 4. The molecule has 1 saturated heterocycles. The van der Waals surface area contributed by atoms with Gasteiger partial charge in [0.2, 0.25) is 0 Å². The first-order chi connectivity index (χ1) is 9.73. The fourth-order valence-electron chi connectivity index (χ4n) is 3.34. The van der Waals surface area contributed by atoms with Crippen LogP contribution in [-0.4, -0.2) is 18.0 Å². The van der Waals surface area contributed by atoms with Gasteiger partial charge in [0.25, 0.3) is 0 Å². The molecular weight excluding hydrogens is 242 g/mol. The topological polar surface area (TPSA) is 3.24 Å². The molecule has 0 saturated carbocycles. The minimum absolute atomic E-state index is 0.427. The largest absolute Gasteiger partial charge is 0.299 e. The Hall–Kier alpha value is -1.60. The number of hydrogen-bond donors (Lipinski definition) is 0. The van der Waals surface area contributed by atoms with Gasteiger partial charge >= 0.3 is 0 Å². The molecule has 1 nitrogen and oxygen atoms in total. The van der Waals surface area contributed by atoms with Crippen LogP contribution in [0.5, 0.6) is 0 Å². The molecule has 1 heterocycles. The highest BCUT2D eigenvalue weighted by Crippen LogP contribution is 2.34. The quantitative estimate of drug-likeness (QED) is 0.803. The smallest absolute Gasteiger partial charge is 0.0233 e. The van der Waals surface area contributed by atoms with Gasteiger partial charge in [0.1, 0.15) is 0 Å². The summed E-state index contributed by atoms with van der Waals surface area (Å²) in [6, 6.07) is 21.7. The van der Waals surface area contributed by atoms with Crippen molar-refractivity contribution in [2.75, 3.05) is 13.1 Å². The monoisotopic (exact) mass is 265 g/mol. The van der Waals surface area contributed by atoms with Crippen molar-refractivity contribution < 1.29 is 0 Å². The van der Waals surface area contributed by atoms with E-state index in [1.165, 1.54) is 37.1 Å². The van der Waals surface area contributed by atoms with Gasteiger partial charge in [-0.3, -0.25) is 4.90 Å². The van der Waals surface area contributed by atoms with E-state index in [1.807, 2.05) is 0 Å². The van der Waals surface area contributed by atoms with Gasteiger partial charge in [0.05, 0.1) is 0 Å². The summed E-state index contributed by atoms with van der Waals surface area (Å²) in [5, 5.41) is 0. The molecule has 3 rings (SSSR count). The van der Waals surface area contributed by atoms with E-state index in [0.717, 1.165) is 6.54 Å². The molecule has 0 spiro atoms. The van der Waals surface area contributed by atoms with Crippen LogP contribution >= 0.6 is 0 Å². The molecule has 104 valence electrons. The normalized spacial score (nSPS) is 23.1. The van der Waals surface area contributed by atoms with Gasteiger partial charge in [-0.25, -0.2) is 0 Å². The lowest BCUT2D eigenvalue weighted by Gasteiger charge is -2.25. The fourth-order valence-corrected chi connectivity index (χ4v) is 3.34. The summed E-state index contributed by atoms with van der Waals surface area (Å²) in [5.41, 5.74) is 3.32. The van der Waals surface area contributed by atoms with Gasteiger partial charge in [0.15, 0.2) is 0 Å². The molecular formula is C19H23N. The minimum atomic E-state index is 0.427. The Labute approximate surface area is 122 Å². The average molecular weight is 265 g/mol. The molecule has 0 aromatic heterocycles. The Bertz CT molecular complexity index is 534. The SMILES string of the molecule is CC1(Cc2ccccc2)CCN(Cc2ccccc2)C1. The van der Waals surface area contributed by atoms with E-state index in [4.69, 9.17) is 0 Å². The predicted octanol–water partition coefficient (Wildman–Crippen LogP) is 4.14. The molecule has 0 N–H and O–H groups in total. The molecule has 1 fully saturated rings. The zero-order chi connectivity index (χ0) is 13.8. The first kappa shape index (κ1) is 13.4. The maximum atomic E-state index is 2.60. The van der Waals surface area contributed by atoms with E-state index in [2.05, 4.69) is 72.5 Å². The molecule has 0 bridgehead atoms. The molecule has 0 amide bonds. The summed E-state index contributed by atoms with van der Waals surface area (Å²) < 4.78 is 0. The van der Waals surface area contributed by atoms with E-state index in [0.29, 0.717) is 5.41 Å². The van der Waals surface area contributed by atoms with Crippen LogP contribution in [0.3, 0.4) is 0 Å². The molecule has 0 aliphatic carbocycles.